The number of para-hydroxylation sites is 1. The van der Waals surface area contributed by atoms with Gasteiger partial charge in [0.25, 0.3) is 5.91 Å². The van der Waals surface area contributed by atoms with Crippen molar-refractivity contribution in [3.8, 4) is 5.75 Å². The molecule has 0 unspecified atom stereocenters. The molecule has 0 bridgehead atoms. The molecular formula is C26H25N5O3S. The molecule has 0 atom stereocenters. The number of rotatable bonds is 9. The third kappa shape index (κ3) is 6.27. The van der Waals surface area contributed by atoms with E-state index in [4.69, 9.17) is 4.74 Å². The zero-order valence-corrected chi connectivity index (χ0v) is 20.2. The standard InChI is InChI=1S/C26H25N5O3S/c1-31-23(16-18-8-4-3-5-9-18)29-30-26(31)35-17-24(32)28-22-11-7-6-10-21(22)25(33)27-19-12-14-20(34-2)15-13-19/h3-15H,16-17H2,1-2H3,(H,27,33)(H,28,32). The van der Waals surface area contributed by atoms with Crippen molar-refractivity contribution in [1.82, 2.24) is 14.8 Å². The number of hydrogen-bond acceptors (Lipinski definition) is 6. The quantitative estimate of drug-likeness (QED) is 0.340. The Morgan fingerprint density at radius 2 is 1.63 bits per heavy atom. The highest BCUT2D eigenvalue weighted by molar-refractivity contribution is 7.99. The number of aromatic nitrogens is 3. The molecule has 35 heavy (non-hydrogen) atoms. The number of anilines is 2. The van der Waals surface area contributed by atoms with Crippen LogP contribution in [-0.4, -0.2) is 39.4 Å². The summed E-state index contributed by atoms with van der Waals surface area (Å²) in [5, 5.41) is 14.8. The Labute approximate surface area is 207 Å². The fourth-order valence-electron chi connectivity index (χ4n) is 3.38. The average Bonchev–Trinajstić information content (AvgIpc) is 3.23. The third-order valence-corrected chi connectivity index (χ3v) is 6.28. The first-order valence-corrected chi connectivity index (χ1v) is 11.9. The smallest absolute Gasteiger partial charge is 0.257 e. The second-order valence-electron chi connectivity index (χ2n) is 7.69. The Balaban J connectivity index is 1.36. The van der Waals surface area contributed by atoms with Crippen molar-refractivity contribution < 1.29 is 14.3 Å². The summed E-state index contributed by atoms with van der Waals surface area (Å²) in [6, 6.07) is 23.9. The molecule has 3 aromatic carbocycles. The van der Waals surface area contributed by atoms with Crippen LogP contribution in [-0.2, 0) is 18.3 Å². The van der Waals surface area contributed by atoms with E-state index in [-0.39, 0.29) is 17.6 Å². The number of benzene rings is 3. The van der Waals surface area contributed by atoms with Crippen LogP contribution in [0.2, 0.25) is 0 Å². The molecule has 0 spiro atoms. The Kier molecular flexibility index (Phi) is 7.79. The van der Waals surface area contributed by atoms with Crippen molar-refractivity contribution in [1.29, 1.82) is 0 Å². The van der Waals surface area contributed by atoms with E-state index in [9.17, 15) is 9.59 Å². The summed E-state index contributed by atoms with van der Waals surface area (Å²) < 4.78 is 7.03. The number of methoxy groups -OCH3 is 1. The van der Waals surface area contributed by atoms with Crippen LogP contribution in [0, 0.1) is 0 Å². The summed E-state index contributed by atoms with van der Waals surface area (Å²) in [7, 11) is 3.47. The number of nitrogens with one attached hydrogen (secondary N) is 2. The maximum absolute atomic E-state index is 12.8. The minimum Gasteiger partial charge on any atom is -0.497 e. The van der Waals surface area contributed by atoms with Crippen LogP contribution in [0.15, 0.2) is 84.0 Å². The molecule has 0 saturated heterocycles. The van der Waals surface area contributed by atoms with Gasteiger partial charge in [0.2, 0.25) is 5.91 Å². The second kappa shape index (κ2) is 11.3. The van der Waals surface area contributed by atoms with Crippen LogP contribution in [0.25, 0.3) is 0 Å². The predicted molar refractivity (Wildman–Crippen MR) is 137 cm³/mol. The number of ether oxygens (including phenoxy) is 1. The van der Waals surface area contributed by atoms with Crippen molar-refractivity contribution in [2.75, 3.05) is 23.5 Å². The maximum Gasteiger partial charge on any atom is 0.257 e. The van der Waals surface area contributed by atoms with Gasteiger partial charge >= 0.3 is 0 Å². The Morgan fingerprint density at radius 3 is 2.37 bits per heavy atom. The average molecular weight is 488 g/mol. The number of carbonyl (C=O) groups is 2. The monoisotopic (exact) mass is 487 g/mol. The molecule has 0 aliphatic heterocycles. The lowest BCUT2D eigenvalue weighted by Gasteiger charge is -2.12. The molecule has 0 fully saturated rings. The van der Waals surface area contributed by atoms with Gasteiger partial charge in [0.05, 0.1) is 24.1 Å². The van der Waals surface area contributed by atoms with Crippen LogP contribution in [0.4, 0.5) is 11.4 Å². The third-order valence-electron chi connectivity index (χ3n) is 5.26. The van der Waals surface area contributed by atoms with E-state index in [2.05, 4.69) is 20.8 Å². The molecule has 0 aliphatic rings. The molecule has 0 radical (unpaired) electrons. The predicted octanol–water partition coefficient (Wildman–Crippen LogP) is 4.40. The van der Waals surface area contributed by atoms with Gasteiger partial charge in [0.15, 0.2) is 5.16 Å². The molecule has 2 N–H and O–H groups in total. The first kappa shape index (κ1) is 24.0. The van der Waals surface area contributed by atoms with Crippen molar-refractivity contribution in [2.45, 2.75) is 11.6 Å². The molecule has 2 amide bonds. The van der Waals surface area contributed by atoms with Crippen LogP contribution in [0.5, 0.6) is 5.75 Å². The van der Waals surface area contributed by atoms with E-state index in [1.54, 1.807) is 55.6 Å². The van der Waals surface area contributed by atoms with Gasteiger partial charge in [-0.05, 0) is 42.0 Å². The first-order chi connectivity index (χ1) is 17.0. The second-order valence-corrected chi connectivity index (χ2v) is 8.63. The van der Waals surface area contributed by atoms with Crippen LogP contribution in [0.1, 0.15) is 21.7 Å². The Hall–Kier alpha value is -4.11. The molecule has 1 heterocycles. The van der Waals surface area contributed by atoms with E-state index in [0.29, 0.717) is 34.3 Å². The topological polar surface area (TPSA) is 98.1 Å². The summed E-state index contributed by atoms with van der Waals surface area (Å²) in [6.07, 6.45) is 0.660. The molecule has 4 aromatic rings. The SMILES string of the molecule is COc1ccc(NC(=O)c2ccccc2NC(=O)CSc2nnc(Cc3ccccc3)n2C)cc1. The van der Waals surface area contributed by atoms with E-state index in [0.717, 1.165) is 11.4 Å². The molecule has 4 rings (SSSR count). The highest BCUT2D eigenvalue weighted by atomic mass is 32.2. The number of nitrogens with zero attached hydrogens (tertiary/aromatic N) is 3. The van der Waals surface area contributed by atoms with Crippen molar-refractivity contribution >= 4 is 35.0 Å². The lowest BCUT2D eigenvalue weighted by molar-refractivity contribution is -0.113. The lowest BCUT2D eigenvalue weighted by Crippen LogP contribution is -2.19. The van der Waals surface area contributed by atoms with E-state index in [1.165, 1.54) is 11.8 Å². The highest BCUT2D eigenvalue weighted by Gasteiger charge is 2.16. The molecular weight excluding hydrogens is 462 g/mol. The number of hydrogen-bond donors (Lipinski definition) is 2. The first-order valence-electron chi connectivity index (χ1n) is 10.9. The van der Waals surface area contributed by atoms with E-state index >= 15 is 0 Å². The van der Waals surface area contributed by atoms with E-state index < -0.39 is 0 Å². The van der Waals surface area contributed by atoms with Crippen LogP contribution >= 0.6 is 11.8 Å². The Bertz CT molecular complexity index is 1310. The lowest BCUT2D eigenvalue weighted by atomic mass is 10.1. The zero-order chi connectivity index (χ0) is 24.6. The fourth-order valence-corrected chi connectivity index (χ4v) is 4.11. The van der Waals surface area contributed by atoms with Gasteiger partial charge in [-0.25, -0.2) is 0 Å². The van der Waals surface area contributed by atoms with Gasteiger partial charge in [-0.2, -0.15) is 0 Å². The molecule has 0 aliphatic carbocycles. The molecule has 0 saturated carbocycles. The number of thioether (sulfide) groups is 1. The largest absolute Gasteiger partial charge is 0.497 e. The van der Waals surface area contributed by atoms with Crippen molar-refractivity contribution in [3.63, 3.8) is 0 Å². The number of carbonyl (C=O) groups excluding carboxylic acids is 2. The van der Waals surface area contributed by atoms with Crippen LogP contribution in [0.3, 0.4) is 0 Å². The highest BCUT2D eigenvalue weighted by Crippen LogP contribution is 2.21. The maximum atomic E-state index is 12.8. The summed E-state index contributed by atoms with van der Waals surface area (Å²) in [5.74, 6) is 1.08. The normalized spacial score (nSPS) is 10.6. The summed E-state index contributed by atoms with van der Waals surface area (Å²) in [5.41, 5.74) is 2.57. The van der Waals surface area contributed by atoms with E-state index in [1.807, 2.05) is 41.9 Å². The molecule has 178 valence electrons. The minimum atomic E-state index is -0.322. The fraction of sp³-hybridized carbons (Fsp3) is 0.154. The minimum absolute atomic E-state index is 0.131. The van der Waals surface area contributed by atoms with Crippen molar-refractivity contribution in [2.24, 2.45) is 7.05 Å². The van der Waals surface area contributed by atoms with Crippen LogP contribution < -0.4 is 15.4 Å². The van der Waals surface area contributed by atoms with Gasteiger partial charge in [-0.1, -0.05) is 54.2 Å². The van der Waals surface area contributed by atoms with Gasteiger partial charge in [0, 0.05) is 19.2 Å². The Morgan fingerprint density at radius 1 is 0.914 bits per heavy atom. The molecule has 1 aromatic heterocycles. The zero-order valence-electron chi connectivity index (χ0n) is 19.4. The van der Waals surface area contributed by atoms with Gasteiger partial charge in [-0.15, -0.1) is 10.2 Å². The number of amides is 2. The molecule has 9 heteroatoms. The van der Waals surface area contributed by atoms with Gasteiger partial charge in [-0.3, -0.25) is 9.59 Å². The van der Waals surface area contributed by atoms with Gasteiger partial charge < -0.3 is 19.9 Å². The van der Waals surface area contributed by atoms with Crippen molar-refractivity contribution in [3.05, 3.63) is 95.8 Å². The van der Waals surface area contributed by atoms with Gasteiger partial charge in [0.1, 0.15) is 11.6 Å². The summed E-state index contributed by atoms with van der Waals surface area (Å²) in [4.78, 5) is 25.5. The summed E-state index contributed by atoms with van der Waals surface area (Å²) in [6.45, 7) is 0. The summed E-state index contributed by atoms with van der Waals surface area (Å²) >= 11 is 1.29. The molecule has 8 nitrogen and oxygen atoms in total.